The first-order chi connectivity index (χ1) is 13.9. The Bertz CT molecular complexity index is 1030. The Hall–Kier alpha value is -3.37. The normalized spacial score (nSPS) is 11.5. The number of carboxylic acid groups (broad SMARTS) is 1. The van der Waals surface area contributed by atoms with Crippen molar-refractivity contribution in [1.29, 1.82) is 0 Å². The van der Waals surface area contributed by atoms with E-state index in [0.29, 0.717) is 16.2 Å². The fourth-order valence-electron chi connectivity index (χ4n) is 2.96. The fraction of sp³-hybridized carbons (Fsp3) is 0.0833. The number of nitrogens with one attached hydrogen (secondary N) is 1. The van der Waals surface area contributed by atoms with Gasteiger partial charge in [-0.1, -0.05) is 72.8 Å². The van der Waals surface area contributed by atoms with Crippen molar-refractivity contribution < 1.29 is 14.7 Å². The van der Waals surface area contributed by atoms with Crippen LogP contribution < -0.4 is 5.32 Å². The fourth-order valence-corrected chi connectivity index (χ4v) is 3.15. The molecule has 0 fully saturated rings. The molecule has 3 aromatic carbocycles. The van der Waals surface area contributed by atoms with Crippen LogP contribution in [0.25, 0.3) is 16.7 Å². The average Bonchev–Trinajstić information content (AvgIpc) is 2.73. The van der Waals surface area contributed by atoms with Gasteiger partial charge in [-0.3, -0.25) is 4.79 Å². The molecule has 0 aliphatic heterocycles. The number of aliphatic carboxylic acids is 1. The van der Waals surface area contributed by atoms with E-state index in [1.165, 1.54) is 0 Å². The molecule has 0 aromatic heterocycles. The Balaban J connectivity index is 1.70. The molecule has 4 nitrogen and oxygen atoms in total. The monoisotopic (exact) mass is 405 g/mol. The van der Waals surface area contributed by atoms with Crippen molar-refractivity contribution in [2.45, 2.75) is 12.5 Å². The topological polar surface area (TPSA) is 66.4 Å². The van der Waals surface area contributed by atoms with Crippen LogP contribution in [-0.4, -0.2) is 23.0 Å². The molecule has 3 aromatic rings. The van der Waals surface area contributed by atoms with Crippen LogP contribution in [0.3, 0.4) is 0 Å². The maximum absolute atomic E-state index is 12.6. The molecule has 5 heteroatoms. The molecule has 1 amide bonds. The highest BCUT2D eigenvalue weighted by atomic mass is 35.5. The number of carboxylic acids is 1. The summed E-state index contributed by atoms with van der Waals surface area (Å²) in [7, 11) is 0. The molecular formula is C24H20ClNO3. The summed E-state index contributed by atoms with van der Waals surface area (Å²) in [6.07, 6.45) is 0.117. The van der Waals surface area contributed by atoms with Gasteiger partial charge < -0.3 is 10.4 Å². The number of benzene rings is 3. The summed E-state index contributed by atoms with van der Waals surface area (Å²) < 4.78 is 0. The molecule has 2 N–H and O–H groups in total. The Labute approximate surface area is 174 Å². The van der Waals surface area contributed by atoms with Crippen LogP contribution in [0.1, 0.15) is 22.3 Å². The minimum atomic E-state index is -1.11. The zero-order valence-electron chi connectivity index (χ0n) is 15.6. The third kappa shape index (κ3) is 5.33. The van der Waals surface area contributed by atoms with Gasteiger partial charge in [0.1, 0.15) is 6.04 Å². The van der Waals surface area contributed by atoms with Gasteiger partial charge in [0.2, 0.25) is 0 Å². The highest BCUT2D eigenvalue weighted by Gasteiger charge is 2.22. The standard InChI is InChI=1S/C24H20ClNO3/c1-16(17-6-3-2-4-7-17)14-22(24(28)29)26-23(27)19-12-10-18(11-13-19)20-8-5-9-21(25)15-20/h2-13,15,22H,1,14H2,(H,26,27)(H,28,29)/t22-/m0/s1. The van der Waals surface area contributed by atoms with Gasteiger partial charge in [-0.15, -0.1) is 0 Å². The van der Waals surface area contributed by atoms with Crippen LogP contribution in [0.15, 0.2) is 85.4 Å². The summed E-state index contributed by atoms with van der Waals surface area (Å²) in [5.41, 5.74) is 3.73. The molecule has 0 heterocycles. The highest BCUT2D eigenvalue weighted by Crippen LogP contribution is 2.23. The molecule has 1 atom stereocenters. The molecule has 0 bridgehead atoms. The summed E-state index contributed by atoms with van der Waals surface area (Å²) in [5.74, 6) is -1.55. The number of carbonyl (C=O) groups is 2. The van der Waals surface area contributed by atoms with E-state index >= 15 is 0 Å². The van der Waals surface area contributed by atoms with Crippen LogP contribution in [0.5, 0.6) is 0 Å². The Morgan fingerprint density at radius 2 is 1.59 bits per heavy atom. The number of hydrogen-bond acceptors (Lipinski definition) is 2. The van der Waals surface area contributed by atoms with Crippen LogP contribution in [-0.2, 0) is 4.79 Å². The summed E-state index contributed by atoms with van der Waals surface area (Å²) in [6, 6.07) is 22.6. The minimum absolute atomic E-state index is 0.117. The Morgan fingerprint density at radius 3 is 2.21 bits per heavy atom. The van der Waals surface area contributed by atoms with Crippen molar-refractivity contribution in [1.82, 2.24) is 5.32 Å². The second-order valence-electron chi connectivity index (χ2n) is 6.63. The third-order valence-corrected chi connectivity index (χ3v) is 4.78. The van der Waals surface area contributed by atoms with E-state index in [1.54, 1.807) is 30.3 Å². The van der Waals surface area contributed by atoms with Crippen LogP contribution in [0, 0.1) is 0 Å². The van der Waals surface area contributed by atoms with E-state index in [0.717, 1.165) is 16.7 Å². The summed E-state index contributed by atoms with van der Waals surface area (Å²) >= 11 is 6.02. The van der Waals surface area contributed by atoms with Gasteiger partial charge in [0.25, 0.3) is 5.91 Å². The lowest BCUT2D eigenvalue weighted by Crippen LogP contribution is -2.40. The second-order valence-corrected chi connectivity index (χ2v) is 7.06. The maximum Gasteiger partial charge on any atom is 0.326 e. The predicted molar refractivity (Wildman–Crippen MR) is 116 cm³/mol. The van der Waals surface area contributed by atoms with Crippen molar-refractivity contribution in [3.63, 3.8) is 0 Å². The van der Waals surface area contributed by atoms with Crippen molar-refractivity contribution in [2.24, 2.45) is 0 Å². The molecule has 0 aliphatic rings. The van der Waals surface area contributed by atoms with E-state index in [4.69, 9.17) is 11.6 Å². The predicted octanol–water partition coefficient (Wildman–Crippen LogP) is 5.29. The number of hydrogen-bond donors (Lipinski definition) is 2. The molecular weight excluding hydrogens is 386 g/mol. The molecule has 0 saturated carbocycles. The van der Waals surface area contributed by atoms with Gasteiger partial charge in [0.15, 0.2) is 0 Å². The lowest BCUT2D eigenvalue weighted by atomic mass is 9.99. The van der Waals surface area contributed by atoms with Crippen LogP contribution >= 0.6 is 11.6 Å². The van der Waals surface area contributed by atoms with Gasteiger partial charge >= 0.3 is 5.97 Å². The van der Waals surface area contributed by atoms with Gasteiger partial charge in [0.05, 0.1) is 0 Å². The van der Waals surface area contributed by atoms with Gasteiger partial charge in [0, 0.05) is 17.0 Å². The quantitative estimate of drug-likeness (QED) is 0.561. The highest BCUT2D eigenvalue weighted by molar-refractivity contribution is 6.30. The summed E-state index contributed by atoms with van der Waals surface area (Å²) in [5, 5.41) is 12.7. The van der Waals surface area contributed by atoms with Gasteiger partial charge in [-0.05, 0) is 46.5 Å². The first-order valence-corrected chi connectivity index (χ1v) is 9.44. The molecule has 3 rings (SSSR count). The number of carbonyl (C=O) groups excluding carboxylic acids is 1. The molecule has 0 unspecified atom stereocenters. The zero-order chi connectivity index (χ0) is 20.8. The molecule has 0 radical (unpaired) electrons. The first kappa shape index (κ1) is 20.4. The SMILES string of the molecule is C=C(C[C@H](NC(=O)c1ccc(-c2cccc(Cl)c2)cc1)C(=O)O)c1ccccc1. The molecule has 0 spiro atoms. The van der Waals surface area contributed by atoms with Crippen molar-refractivity contribution in [3.05, 3.63) is 102 Å². The summed E-state index contributed by atoms with van der Waals surface area (Å²) in [4.78, 5) is 24.2. The van der Waals surface area contributed by atoms with Crippen molar-refractivity contribution in [2.75, 3.05) is 0 Å². The Morgan fingerprint density at radius 1 is 0.897 bits per heavy atom. The minimum Gasteiger partial charge on any atom is -0.480 e. The first-order valence-electron chi connectivity index (χ1n) is 9.07. The largest absolute Gasteiger partial charge is 0.480 e. The molecule has 146 valence electrons. The van der Waals surface area contributed by atoms with E-state index in [9.17, 15) is 14.7 Å². The number of amides is 1. The van der Waals surface area contributed by atoms with E-state index in [1.807, 2.05) is 48.5 Å². The van der Waals surface area contributed by atoms with Gasteiger partial charge in [-0.2, -0.15) is 0 Å². The van der Waals surface area contributed by atoms with Gasteiger partial charge in [-0.25, -0.2) is 4.79 Å². The Kier molecular flexibility index (Phi) is 6.47. The summed E-state index contributed by atoms with van der Waals surface area (Å²) in [6.45, 7) is 3.95. The van der Waals surface area contributed by atoms with Crippen molar-refractivity contribution >= 4 is 29.1 Å². The number of rotatable bonds is 7. The van der Waals surface area contributed by atoms with Crippen molar-refractivity contribution in [3.8, 4) is 11.1 Å². The van der Waals surface area contributed by atoms with E-state index in [-0.39, 0.29) is 6.42 Å². The lowest BCUT2D eigenvalue weighted by molar-refractivity contribution is -0.139. The zero-order valence-corrected chi connectivity index (χ0v) is 16.4. The second kappa shape index (κ2) is 9.22. The van der Waals surface area contributed by atoms with Crippen LogP contribution in [0.2, 0.25) is 5.02 Å². The molecule has 29 heavy (non-hydrogen) atoms. The average molecular weight is 406 g/mol. The lowest BCUT2D eigenvalue weighted by Gasteiger charge is -2.16. The smallest absolute Gasteiger partial charge is 0.326 e. The number of halogens is 1. The van der Waals surface area contributed by atoms with E-state index in [2.05, 4.69) is 11.9 Å². The molecule has 0 aliphatic carbocycles. The third-order valence-electron chi connectivity index (χ3n) is 4.54. The maximum atomic E-state index is 12.6. The van der Waals surface area contributed by atoms with Crippen LogP contribution in [0.4, 0.5) is 0 Å². The molecule has 0 saturated heterocycles. The van der Waals surface area contributed by atoms with E-state index < -0.39 is 17.9 Å².